The summed E-state index contributed by atoms with van der Waals surface area (Å²) in [5, 5.41) is 4.64. The van der Waals surface area contributed by atoms with Crippen LogP contribution in [-0.4, -0.2) is 25.6 Å². The predicted molar refractivity (Wildman–Crippen MR) is 108 cm³/mol. The zero-order chi connectivity index (χ0) is 19.6. The summed E-state index contributed by atoms with van der Waals surface area (Å²) >= 11 is 4.35. The minimum atomic E-state index is -3.34. The summed E-state index contributed by atoms with van der Waals surface area (Å²) in [4.78, 5) is 16.5. The Bertz CT molecular complexity index is 1100. The monoisotopic (exact) mass is 469 g/mol. The van der Waals surface area contributed by atoms with Crippen LogP contribution < -0.4 is 10.0 Å². The van der Waals surface area contributed by atoms with E-state index in [2.05, 4.69) is 31.0 Å². The molecule has 0 spiro atoms. The molecule has 1 amide bonds. The first kappa shape index (κ1) is 19.5. The topological polar surface area (TPSA) is 88.2 Å². The number of thiazole rings is 1. The van der Waals surface area contributed by atoms with Crippen molar-refractivity contribution in [1.29, 1.82) is 0 Å². The van der Waals surface area contributed by atoms with Crippen molar-refractivity contribution >= 4 is 54.0 Å². The third-order valence-corrected chi connectivity index (χ3v) is 5.24. The molecule has 140 valence electrons. The van der Waals surface area contributed by atoms with Crippen molar-refractivity contribution in [3.63, 3.8) is 0 Å². The highest BCUT2D eigenvalue weighted by Crippen LogP contribution is 2.27. The number of halogens is 2. The highest BCUT2D eigenvalue weighted by Gasteiger charge is 2.14. The standard InChI is InChI=1S/C17H13BrFN3O3S2/c1-27(24,25)22-12-5-2-10(3-6-12)15-9-26-17(20-15)21-16(23)13-7-4-11(18)8-14(13)19/h2-9,22H,1H3,(H,20,21,23). The number of nitrogens with one attached hydrogen (secondary N) is 2. The molecule has 2 N–H and O–H groups in total. The molecule has 0 fully saturated rings. The maximum Gasteiger partial charge on any atom is 0.260 e. The van der Waals surface area contributed by atoms with E-state index in [0.717, 1.165) is 11.8 Å². The van der Waals surface area contributed by atoms with Gasteiger partial charge in [0.05, 0.1) is 17.5 Å². The number of hydrogen-bond acceptors (Lipinski definition) is 5. The molecule has 6 nitrogen and oxygen atoms in total. The minimum absolute atomic E-state index is 0.0776. The number of hydrogen-bond donors (Lipinski definition) is 2. The molecular weight excluding hydrogens is 457 g/mol. The Balaban J connectivity index is 1.74. The van der Waals surface area contributed by atoms with Gasteiger partial charge in [-0.3, -0.25) is 14.8 Å². The quantitative estimate of drug-likeness (QED) is 0.581. The summed E-state index contributed by atoms with van der Waals surface area (Å²) in [5.41, 5.74) is 1.72. The van der Waals surface area contributed by atoms with E-state index in [4.69, 9.17) is 0 Å². The Hall–Kier alpha value is -2.30. The summed E-state index contributed by atoms with van der Waals surface area (Å²) in [6.07, 6.45) is 1.07. The molecule has 0 radical (unpaired) electrons. The van der Waals surface area contributed by atoms with E-state index in [1.807, 2.05) is 0 Å². The number of carbonyl (C=O) groups excluding carboxylic acids is 1. The van der Waals surface area contributed by atoms with Crippen LogP contribution in [-0.2, 0) is 10.0 Å². The summed E-state index contributed by atoms with van der Waals surface area (Å²) in [7, 11) is -3.34. The van der Waals surface area contributed by atoms with Crippen molar-refractivity contribution in [2.24, 2.45) is 0 Å². The van der Waals surface area contributed by atoms with E-state index < -0.39 is 21.7 Å². The predicted octanol–water partition coefficient (Wildman–Crippen LogP) is 4.34. The Morgan fingerprint density at radius 2 is 1.89 bits per heavy atom. The van der Waals surface area contributed by atoms with Gasteiger partial charge in [0.1, 0.15) is 5.82 Å². The number of amides is 1. The van der Waals surface area contributed by atoms with Crippen molar-refractivity contribution < 1.29 is 17.6 Å². The molecule has 0 unspecified atom stereocenters. The number of rotatable bonds is 5. The number of nitrogens with zero attached hydrogens (tertiary/aromatic N) is 1. The Kier molecular flexibility index (Phi) is 5.59. The smallest absolute Gasteiger partial charge is 0.260 e. The molecule has 0 atom stereocenters. The van der Waals surface area contributed by atoms with Crippen molar-refractivity contribution in [1.82, 2.24) is 4.98 Å². The number of benzene rings is 2. The molecule has 0 aliphatic carbocycles. The molecular formula is C17H13BrFN3O3S2. The number of anilines is 2. The van der Waals surface area contributed by atoms with Gasteiger partial charge in [-0.1, -0.05) is 28.1 Å². The lowest BCUT2D eigenvalue weighted by molar-refractivity contribution is 0.102. The third-order valence-electron chi connectivity index (χ3n) is 3.38. The van der Waals surface area contributed by atoms with Crippen LogP contribution >= 0.6 is 27.3 Å². The van der Waals surface area contributed by atoms with Crippen LogP contribution in [0.2, 0.25) is 0 Å². The second-order valence-electron chi connectivity index (χ2n) is 5.57. The maximum atomic E-state index is 13.9. The average molecular weight is 470 g/mol. The molecule has 3 aromatic rings. The van der Waals surface area contributed by atoms with Gasteiger partial charge in [0.15, 0.2) is 5.13 Å². The van der Waals surface area contributed by atoms with Crippen LogP contribution in [0.5, 0.6) is 0 Å². The molecule has 0 saturated heterocycles. The zero-order valence-electron chi connectivity index (χ0n) is 13.9. The third kappa shape index (κ3) is 5.12. The van der Waals surface area contributed by atoms with E-state index in [9.17, 15) is 17.6 Å². The number of aromatic nitrogens is 1. The molecule has 2 aromatic carbocycles. The van der Waals surface area contributed by atoms with Gasteiger partial charge >= 0.3 is 0 Å². The second kappa shape index (κ2) is 7.75. The van der Waals surface area contributed by atoms with Gasteiger partial charge in [-0.2, -0.15) is 0 Å². The highest BCUT2D eigenvalue weighted by molar-refractivity contribution is 9.10. The van der Waals surface area contributed by atoms with Crippen LogP contribution in [0, 0.1) is 5.82 Å². The number of sulfonamides is 1. The van der Waals surface area contributed by atoms with Gasteiger partial charge in [0.25, 0.3) is 5.91 Å². The summed E-state index contributed by atoms with van der Waals surface area (Å²) in [6.45, 7) is 0. The van der Waals surface area contributed by atoms with E-state index >= 15 is 0 Å². The van der Waals surface area contributed by atoms with Crippen LogP contribution in [0.4, 0.5) is 15.2 Å². The Morgan fingerprint density at radius 3 is 2.52 bits per heavy atom. The fraction of sp³-hybridized carbons (Fsp3) is 0.0588. The molecule has 1 heterocycles. The van der Waals surface area contributed by atoms with Crippen LogP contribution in [0.1, 0.15) is 10.4 Å². The number of carbonyl (C=O) groups is 1. The van der Waals surface area contributed by atoms with E-state index in [1.54, 1.807) is 35.7 Å². The molecule has 0 aliphatic heterocycles. The largest absolute Gasteiger partial charge is 0.298 e. The summed E-state index contributed by atoms with van der Waals surface area (Å²) in [5.74, 6) is -1.22. The molecule has 0 aliphatic rings. The lowest BCUT2D eigenvalue weighted by atomic mass is 10.1. The molecule has 10 heteroatoms. The molecule has 3 rings (SSSR count). The minimum Gasteiger partial charge on any atom is -0.298 e. The first-order valence-corrected chi connectivity index (χ1v) is 11.1. The van der Waals surface area contributed by atoms with Gasteiger partial charge in [0.2, 0.25) is 10.0 Å². The summed E-state index contributed by atoms with van der Waals surface area (Å²) in [6, 6.07) is 10.8. The van der Waals surface area contributed by atoms with Crippen LogP contribution in [0.15, 0.2) is 52.3 Å². The van der Waals surface area contributed by atoms with Gasteiger partial charge in [-0.15, -0.1) is 11.3 Å². The molecule has 1 aromatic heterocycles. The van der Waals surface area contributed by atoms with E-state index in [1.165, 1.54) is 23.5 Å². The lowest BCUT2D eigenvalue weighted by Crippen LogP contribution is -2.13. The molecule has 27 heavy (non-hydrogen) atoms. The zero-order valence-corrected chi connectivity index (χ0v) is 17.1. The van der Waals surface area contributed by atoms with Crippen molar-refractivity contribution in [2.45, 2.75) is 0 Å². The van der Waals surface area contributed by atoms with Crippen LogP contribution in [0.25, 0.3) is 11.3 Å². The fourth-order valence-electron chi connectivity index (χ4n) is 2.22. The lowest BCUT2D eigenvalue weighted by Gasteiger charge is -2.04. The fourth-order valence-corrected chi connectivity index (χ4v) is 3.84. The van der Waals surface area contributed by atoms with Crippen molar-refractivity contribution in [3.8, 4) is 11.3 Å². The Labute approximate surface area is 167 Å². The average Bonchev–Trinajstić information content (AvgIpc) is 3.02. The summed E-state index contributed by atoms with van der Waals surface area (Å²) < 4.78 is 39.3. The normalized spacial score (nSPS) is 11.2. The first-order valence-electron chi connectivity index (χ1n) is 7.51. The first-order chi connectivity index (χ1) is 12.7. The van der Waals surface area contributed by atoms with Crippen molar-refractivity contribution in [3.05, 3.63) is 63.7 Å². The van der Waals surface area contributed by atoms with Gasteiger partial charge in [-0.25, -0.2) is 17.8 Å². The van der Waals surface area contributed by atoms with Crippen molar-refractivity contribution in [2.75, 3.05) is 16.3 Å². The highest BCUT2D eigenvalue weighted by atomic mass is 79.9. The van der Waals surface area contributed by atoms with E-state index in [-0.39, 0.29) is 5.56 Å². The maximum absolute atomic E-state index is 13.9. The van der Waals surface area contributed by atoms with Crippen LogP contribution in [0.3, 0.4) is 0 Å². The molecule has 0 bridgehead atoms. The van der Waals surface area contributed by atoms with E-state index in [0.29, 0.717) is 21.0 Å². The Morgan fingerprint density at radius 1 is 1.19 bits per heavy atom. The van der Waals surface area contributed by atoms with Gasteiger partial charge in [-0.05, 0) is 30.3 Å². The molecule has 0 saturated carbocycles. The van der Waals surface area contributed by atoms with Gasteiger partial charge < -0.3 is 0 Å². The SMILES string of the molecule is CS(=O)(=O)Nc1ccc(-c2csc(NC(=O)c3ccc(Br)cc3F)n2)cc1. The van der Waals surface area contributed by atoms with Gasteiger partial charge in [0, 0.05) is 21.1 Å². The second-order valence-corrected chi connectivity index (χ2v) is 9.09.